The molecule has 9 N–H and O–H groups in total. The number of aliphatic hydroxyl groups is 8. The highest BCUT2D eigenvalue weighted by molar-refractivity contribution is 5.76. The first-order chi connectivity index (χ1) is 21.1. The minimum atomic E-state index is -1.77. The normalized spacial score (nSPS) is 34.0. The Hall–Kier alpha value is -1.01. The van der Waals surface area contributed by atoms with Gasteiger partial charge in [0, 0.05) is 6.42 Å². The number of unbranched alkanes of at least 4 members (excludes halogenated alkanes) is 8. The topological polar surface area (TPSA) is 228 Å². The fourth-order valence-corrected chi connectivity index (χ4v) is 5.51. The lowest BCUT2D eigenvalue weighted by Crippen LogP contribution is -2.65. The smallest absolute Gasteiger partial charge is 0.220 e. The predicted octanol–water partition coefficient (Wildman–Crippen LogP) is -0.806. The summed E-state index contributed by atoms with van der Waals surface area (Å²) >= 11 is 0. The van der Waals surface area contributed by atoms with E-state index in [1.54, 1.807) is 0 Å². The van der Waals surface area contributed by atoms with Crippen LogP contribution in [0.15, 0.2) is 0 Å². The van der Waals surface area contributed by atoms with E-state index in [0.29, 0.717) is 12.8 Å². The monoisotopic (exact) mass is 639 g/mol. The molecule has 2 fully saturated rings. The lowest BCUT2D eigenvalue weighted by atomic mass is 9.97. The third kappa shape index (κ3) is 12.0. The van der Waals surface area contributed by atoms with Crippen molar-refractivity contribution in [2.75, 3.05) is 19.8 Å². The van der Waals surface area contributed by atoms with Crippen molar-refractivity contribution < 1.29 is 64.6 Å². The van der Waals surface area contributed by atoms with E-state index in [9.17, 15) is 45.6 Å². The van der Waals surface area contributed by atoms with E-state index in [-0.39, 0.29) is 18.9 Å². The van der Waals surface area contributed by atoms with Crippen molar-refractivity contribution >= 4 is 5.91 Å². The minimum Gasteiger partial charge on any atom is -0.394 e. The Morgan fingerprint density at radius 3 is 1.89 bits per heavy atom. The molecule has 0 aliphatic carbocycles. The number of hydrogen-bond donors (Lipinski definition) is 9. The zero-order chi connectivity index (χ0) is 32.6. The van der Waals surface area contributed by atoms with Crippen molar-refractivity contribution in [3.8, 4) is 0 Å². The molecule has 0 spiro atoms. The van der Waals surface area contributed by atoms with Gasteiger partial charge in [0.1, 0.15) is 48.8 Å². The maximum absolute atomic E-state index is 12.4. The summed E-state index contributed by atoms with van der Waals surface area (Å²) in [6.07, 6.45) is -5.23. The molecule has 2 rings (SSSR count). The standard InChI is InChI=1S/C30H57NO13/c1-3-5-6-7-8-9-10-11-12-14-19(34)18(31-22(35)13-4-2)17-41-29-27(40)25(38)28(21(16-33)43-29)44-30-26(39)24(37)23(36)20(15-32)42-30/h18-21,23-30,32-34,36-40H,3-17H2,1-2H3,(H,31,35). The van der Waals surface area contributed by atoms with Crippen LogP contribution in [0.3, 0.4) is 0 Å². The summed E-state index contributed by atoms with van der Waals surface area (Å²) in [7, 11) is 0. The summed E-state index contributed by atoms with van der Waals surface area (Å²) in [5.41, 5.74) is 0. The third-order valence-electron chi connectivity index (χ3n) is 8.29. The van der Waals surface area contributed by atoms with Gasteiger partial charge in [-0.1, -0.05) is 71.6 Å². The molecule has 12 atom stereocenters. The first-order valence-electron chi connectivity index (χ1n) is 16.3. The van der Waals surface area contributed by atoms with Gasteiger partial charge in [-0.25, -0.2) is 0 Å². The Kier molecular flexibility index (Phi) is 18.7. The Bertz CT molecular complexity index is 775. The molecule has 0 aromatic rings. The summed E-state index contributed by atoms with van der Waals surface area (Å²) in [5.74, 6) is -0.265. The maximum atomic E-state index is 12.4. The molecule has 0 aromatic carbocycles. The largest absolute Gasteiger partial charge is 0.394 e. The zero-order valence-electron chi connectivity index (χ0n) is 26.2. The van der Waals surface area contributed by atoms with Crippen molar-refractivity contribution in [1.29, 1.82) is 0 Å². The van der Waals surface area contributed by atoms with Gasteiger partial charge in [-0.2, -0.15) is 0 Å². The van der Waals surface area contributed by atoms with Crippen LogP contribution in [0.1, 0.15) is 90.9 Å². The van der Waals surface area contributed by atoms with Crippen LogP contribution < -0.4 is 5.32 Å². The maximum Gasteiger partial charge on any atom is 0.220 e. The molecule has 12 unspecified atom stereocenters. The number of rotatable bonds is 21. The van der Waals surface area contributed by atoms with Gasteiger partial charge in [0.15, 0.2) is 12.6 Å². The van der Waals surface area contributed by atoms with Gasteiger partial charge in [0.05, 0.1) is 32.0 Å². The van der Waals surface area contributed by atoms with Crippen LogP contribution >= 0.6 is 0 Å². The van der Waals surface area contributed by atoms with E-state index < -0.39 is 86.8 Å². The van der Waals surface area contributed by atoms with E-state index in [0.717, 1.165) is 25.7 Å². The molecule has 14 heteroatoms. The molecule has 0 aromatic heterocycles. The van der Waals surface area contributed by atoms with Crippen LogP contribution in [0.4, 0.5) is 0 Å². The zero-order valence-corrected chi connectivity index (χ0v) is 26.2. The van der Waals surface area contributed by atoms with Crippen LogP contribution in [0.25, 0.3) is 0 Å². The fraction of sp³-hybridized carbons (Fsp3) is 0.967. The average molecular weight is 640 g/mol. The molecular formula is C30H57NO13. The molecular weight excluding hydrogens is 582 g/mol. The minimum absolute atomic E-state index is 0.251. The number of carbonyl (C=O) groups excluding carboxylic acids is 1. The van der Waals surface area contributed by atoms with Crippen molar-refractivity contribution in [2.45, 2.75) is 164 Å². The second kappa shape index (κ2) is 21.0. The summed E-state index contributed by atoms with van der Waals surface area (Å²) in [5, 5.41) is 85.0. The number of ether oxygens (including phenoxy) is 4. The molecule has 0 radical (unpaired) electrons. The molecule has 2 aliphatic heterocycles. The molecule has 0 bridgehead atoms. The number of nitrogens with one attached hydrogen (secondary N) is 1. The number of aliphatic hydroxyl groups excluding tert-OH is 8. The van der Waals surface area contributed by atoms with Gasteiger partial charge in [0.2, 0.25) is 5.91 Å². The molecule has 2 heterocycles. The van der Waals surface area contributed by atoms with Gasteiger partial charge < -0.3 is 65.1 Å². The molecule has 2 saturated heterocycles. The van der Waals surface area contributed by atoms with Gasteiger partial charge in [-0.3, -0.25) is 4.79 Å². The van der Waals surface area contributed by atoms with E-state index >= 15 is 0 Å². The van der Waals surface area contributed by atoms with Crippen LogP contribution in [0, 0.1) is 0 Å². The van der Waals surface area contributed by atoms with E-state index in [2.05, 4.69) is 12.2 Å². The first-order valence-corrected chi connectivity index (χ1v) is 16.3. The summed E-state index contributed by atoms with van der Waals surface area (Å²) in [4.78, 5) is 12.4. The highest BCUT2D eigenvalue weighted by atomic mass is 16.7. The molecule has 44 heavy (non-hydrogen) atoms. The van der Waals surface area contributed by atoms with Crippen LogP contribution in [0.5, 0.6) is 0 Å². The number of carbonyl (C=O) groups is 1. The second-order valence-electron chi connectivity index (χ2n) is 11.9. The van der Waals surface area contributed by atoms with Gasteiger partial charge >= 0.3 is 0 Å². The van der Waals surface area contributed by atoms with Crippen molar-refractivity contribution in [2.24, 2.45) is 0 Å². The Labute approximate surface area is 260 Å². The quantitative estimate of drug-likeness (QED) is 0.0702. The third-order valence-corrected chi connectivity index (χ3v) is 8.29. The molecule has 2 aliphatic rings. The Morgan fingerprint density at radius 2 is 1.30 bits per heavy atom. The molecule has 260 valence electrons. The lowest BCUT2D eigenvalue weighted by molar-refractivity contribution is -0.359. The lowest BCUT2D eigenvalue weighted by Gasteiger charge is -2.46. The number of amides is 1. The van der Waals surface area contributed by atoms with Gasteiger partial charge in [-0.05, 0) is 12.8 Å². The molecule has 0 saturated carbocycles. The predicted molar refractivity (Wildman–Crippen MR) is 157 cm³/mol. The Morgan fingerprint density at radius 1 is 0.727 bits per heavy atom. The van der Waals surface area contributed by atoms with E-state index in [1.807, 2.05) is 6.92 Å². The van der Waals surface area contributed by atoms with Crippen molar-refractivity contribution in [3.05, 3.63) is 0 Å². The van der Waals surface area contributed by atoms with Crippen LogP contribution in [-0.4, -0.2) is 140 Å². The first kappa shape index (κ1) is 39.2. The van der Waals surface area contributed by atoms with Crippen LogP contribution in [0.2, 0.25) is 0 Å². The highest BCUT2D eigenvalue weighted by Gasteiger charge is 2.50. The van der Waals surface area contributed by atoms with Crippen molar-refractivity contribution in [1.82, 2.24) is 5.32 Å². The highest BCUT2D eigenvalue weighted by Crippen LogP contribution is 2.29. The summed E-state index contributed by atoms with van der Waals surface area (Å²) < 4.78 is 22.2. The van der Waals surface area contributed by atoms with Gasteiger partial charge in [-0.15, -0.1) is 0 Å². The molecule has 1 amide bonds. The molecule has 14 nitrogen and oxygen atoms in total. The Balaban J connectivity index is 1.94. The van der Waals surface area contributed by atoms with E-state index in [4.69, 9.17) is 18.9 Å². The average Bonchev–Trinajstić information content (AvgIpc) is 3.01. The van der Waals surface area contributed by atoms with Gasteiger partial charge in [0.25, 0.3) is 0 Å². The summed E-state index contributed by atoms with van der Waals surface area (Å²) in [6.45, 7) is 2.39. The second-order valence-corrected chi connectivity index (χ2v) is 11.9. The van der Waals surface area contributed by atoms with Crippen molar-refractivity contribution in [3.63, 3.8) is 0 Å². The van der Waals surface area contributed by atoms with E-state index in [1.165, 1.54) is 32.1 Å². The summed E-state index contributed by atoms with van der Waals surface area (Å²) in [6, 6.07) is -0.813. The SMILES string of the molecule is CCCCCCCCCCCC(O)C(COC1OC(CO)C(OC2OC(CO)C(O)C(O)C2O)C(O)C1O)NC(=O)CCC. The fourth-order valence-electron chi connectivity index (χ4n) is 5.51. The number of hydrogen-bond acceptors (Lipinski definition) is 13. The van der Waals surface area contributed by atoms with Crippen LogP contribution in [-0.2, 0) is 23.7 Å².